The maximum Gasteiger partial charge on any atom is 0.347 e. The summed E-state index contributed by atoms with van der Waals surface area (Å²) in [5.41, 5.74) is 12.1. The molecular formula is C33H30ClN3O5. The molecule has 0 unspecified atom stereocenters. The van der Waals surface area contributed by atoms with Crippen molar-refractivity contribution >= 4 is 50.7 Å². The predicted octanol–water partition coefficient (Wildman–Crippen LogP) is 6.18. The van der Waals surface area contributed by atoms with E-state index in [0.29, 0.717) is 41.7 Å². The second-order valence-electron chi connectivity index (χ2n) is 9.50. The Kier molecular flexibility index (Phi) is 9.18. The fourth-order valence-electron chi connectivity index (χ4n) is 4.48. The molecule has 0 saturated carbocycles. The molecule has 0 aliphatic rings. The molecule has 0 fully saturated rings. The molecule has 0 aromatic heterocycles. The summed E-state index contributed by atoms with van der Waals surface area (Å²) in [6.45, 7) is 1.32. The van der Waals surface area contributed by atoms with Gasteiger partial charge in [-0.3, -0.25) is 4.79 Å². The van der Waals surface area contributed by atoms with Gasteiger partial charge < -0.3 is 31.0 Å². The van der Waals surface area contributed by atoms with Gasteiger partial charge in [0, 0.05) is 17.6 Å². The average molecular weight is 584 g/mol. The van der Waals surface area contributed by atoms with Crippen LogP contribution in [0.4, 0.5) is 5.69 Å². The molecule has 0 saturated heterocycles. The van der Waals surface area contributed by atoms with Crippen LogP contribution in [-0.2, 0) is 0 Å². The number of carbonyl (C=O) groups excluding carboxylic acids is 2. The lowest BCUT2D eigenvalue weighted by Gasteiger charge is -2.16. The van der Waals surface area contributed by atoms with Crippen molar-refractivity contribution in [1.82, 2.24) is 0 Å². The number of benzene rings is 5. The zero-order valence-electron chi connectivity index (χ0n) is 22.8. The maximum atomic E-state index is 13.6. The molecule has 0 radical (unpaired) electrons. The number of hydrogen-bond acceptors (Lipinski definition) is 7. The Morgan fingerprint density at radius 2 is 1.24 bits per heavy atom. The van der Waals surface area contributed by atoms with Crippen LogP contribution in [0.1, 0.15) is 27.1 Å². The number of ether oxygens (including phenoxy) is 3. The summed E-state index contributed by atoms with van der Waals surface area (Å²) in [6.07, 6.45) is 0.623. The minimum atomic E-state index is -0.668. The van der Waals surface area contributed by atoms with Gasteiger partial charge in [-0.05, 0) is 70.9 Å². The van der Waals surface area contributed by atoms with Gasteiger partial charge in [0.2, 0.25) is 0 Å². The van der Waals surface area contributed by atoms with Gasteiger partial charge in [-0.2, -0.15) is 0 Å². The first-order valence-electron chi connectivity index (χ1n) is 13.5. The first-order valence-corrected chi connectivity index (χ1v) is 13.9. The number of anilines is 1. The number of rotatable bonds is 11. The highest BCUT2D eigenvalue weighted by Gasteiger charge is 2.21. The van der Waals surface area contributed by atoms with Crippen LogP contribution in [-0.4, -0.2) is 38.2 Å². The lowest BCUT2D eigenvalue weighted by molar-refractivity contribution is 0.0730. The van der Waals surface area contributed by atoms with Gasteiger partial charge in [0.05, 0.1) is 17.9 Å². The fourth-order valence-corrected chi connectivity index (χ4v) is 4.64. The van der Waals surface area contributed by atoms with Crippen LogP contribution in [0, 0.1) is 0 Å². The van der Waals surface area contributed by atoms with E-state index < -0.39 is 11.9 Å². The van der Waals surface area contributed by atoms with Gasteiger partial charge in [0.15, 0.2) is 5.75 Å². The molecule has 0 aliphatic carbocycles. The van der Waals surface area contributed by atoms with Gasteiger partial charge in [-0.15, -0.1) is 0 Å². The van der Waals surface area contributed by atoms with Crippen molar-refractivity contribution in [3.8, 4) is 17.2 Å². The van der Waals surface area contributed by atoms with Crippen LogP contribution in [0.15, 0.2) is 91.0 Å². The van der Waals surface area contributed by atoms with Gasteiger partial charge >= 0.3 is 5.97 Å². The van der Waals surface area contributed by atoms with Crippen LogP contribution >= 0.6 is 11.6 Å². The number of nitrogens with two attached hydrogens (primary N) is 2. The second-order valence-corrected chi connectivity index (χ2v) is 9.94. The molecule has 9 heteroatoms. The third-order valence-corrected chi connectivity index (χ3v) is 6.77. The fraction of sp³-hybridized carbons (Fsp3) is 0.152. The number of halogens is 1. The zero-order valence-corrected chi connectivity index (χ0v) is 23.5. The van der Waals surface area contributed by atoms with Crippen molar-refractivity contribution in [2.45, 2.75) is 6.42 Å². The average Bonchev–Trinajstić information content (AvgIpc) is 3.00. The molecule has 5 aromatic rings. The SMILES string of the molecule is NCCCOc1cc2ccccc2cc1C(=O)Oc1cc(Cl)ccc1NC(=O)c1cc2ccccc2cc1OCCN. The Bertz CT molecular complexity index is 1760. The Balaban J connectivity index is 1.46. The van der Waals surface area contributed by atoms with Crippen LogP contribution in [0.2, 0.25) is 5.02 Å². The van der Waals surface area contributed by atoms with Gasteiger partial charge in [-0.1, -0.05) is 60.1 Å². The van der Waals surface area contributed by atoms with Gasteiger partial charge in [-0.25, -0.2) is 4.79 Å². The molecule has 0 aliphatic heterocycles. The van der Waals surface area contributed by atoms with E-state index in [2.05, 4.69) is 5.32 Å². The highest BCUT2D eigenvalue weighted by Crippen LogP contribution is 2.33. The van der Waals surface area contributed by atoms with Crippen LogP contribution in [0.25, 0.3) is 21.5 Å². The Labute approximate surface area is 248 Å². The lowest BCUT2D eigenvalue weighted by Crippen LogP contribution is -2.18. The van der Waals surface area contributed by atoms with Crippen molar-refractivity contribution in [3.63, 3.8) is 0 Å². The molecule has 5 aromatic carbocycles. The van der Waals surface area contributed by atoms with E-state index in [1.165, 1.54) is 6.07 Å². The van der Waals surface area contributed by atoms with E-state index in [-0.39, 0.29) is 30.2 Å². The Morgan fingerprint density at radius 3 is 1.86 bits per heavy atom. The van der Waals surface area contributed by atoms with E-state index in [9.17, 15) is 9.59 Å². The summed E-state index contributed by atoms with van der Waals surface area (Å²) in [6, 6.07) is 27.0. The van der Waals surface area contributed by atoms with E-state index in [1.54, 1.807) is 36.4 Å². The highest BCUT2D eigenvalue weighted by atomic mass is 35.5. The Hall–Kier alpha value is -4.63. The smallest absolute Gasteiger partial charge is 0.347 e. The number of hydrogen-bond donors (Lipinski definition) is 3. The number of fused-ring (bicyclic) bond motifs is 2. The summed E-state index contributed by atoms with van der Waals surface area (Å²) in [4.78, 5) is 27.1. The van der Waals surface area contributed by atoms with E-state index in [4.69, 9.17) is 37.3 Å². The zero-order chi connectivity index (χ0) is 29.5. The van der Waals surface area contributed by atoms with Gasteiger partial charge in [0.25, 0.3) is 5.91 Å². The van der Waals surface area contributed by atoms with E-state index >= 15 is 0 Å². The summed E-state index contributed by atoms with van der Waals surface area (Å²) in [7, 11) is 0. The Morgan fingerprint density at radius 1 is 0.667 bits per heavy atom. The van der Waals surface area contributed by atoms with Crippen LogP contribution < -0.4 is 31.0 Å². The van der Waals surface area contributed by atoms with Crippen molar-refractivity contribution in [2.24, 2.45) is 11.5 Å². The monoisotopic (exact) mass is 583 g/mol. The van der Waals surface area contributed by atoms with Crippen molar-refractivity contribution in [3.05, 3.63) is 107 Å². The summed E-state index contributed by atoms with van der Waals surface area (Å²) >= 11 is 6.27. The minimum Gasteiger partial charge on any atom is -0.493 e. The largest absolute Gasteiger partial charge is 0.493 e. The predicted molar refractivity (Wildman–Crippen MR) is 166 cm³/mol. The van der Waals surface area contributed by atoms with Crippen LogP contribution in [0.3, 0.4) is 0 Å². The minimum absolute atomic E-state index is 0.0760. The summed E-state index contributed by atoms with van der Waals surface area (Å²) < 4.78 is 17.5. The molecule has 5 rings (SSSR count). The highest BCUT2D eigenvalue weighted by molar-refractivity contribution is 6.31. The second kappa shape index (κ2) is 13.4. The third-order valence-electron chi connectivity index (χ3n) is 6.54. The molecule has 8 nitrogen and oxygen atoms in total. The van der Waals surface area contributed by atoms with Crippen molar-refractivity contribution in [1.29, 1.82) is 0 Å². The molecule has 0 spiro atoms. The molecule has 0 bridgehead atoms. The number of esters is 1. The number of carbonyl (C=O) groups is 2. The number of nitrogens with one attached hydrogen (secondary N) is 1. The standard InChI is InChI=1S/C33H30ClN3O5/c34-25-10-11-28(37-32(38)26-16-21-6-1-3-8-23(21)18-29(26)41-15-13-36)31(20-25)42-33(39)27-17-22-7-2-4-9-24(22)19-30(27)40-14-5-12-35/h1-4,6-11,16-20H,5,12-15,35-36H2,(H,37,38). The summed E-state index contributed by atoms with van der Waals surface area (Å²) in [5.74, 6) is -0.285. The molecule has 42 heavy (non-hydrogen) atoms. The maximum absolute atomic E-state index is 13.6. The quantitative estimate of drug-likeness (QED) is 0.0962. The molecular weight excluding hydrogens is 554 g/mol. The van der Waals surface area contributed by atoms with E-state index in [1.807, 2.05) is 48.5 Å². The molecule has 214 valence electrons. The topological polar surface area (TPSA) is 126 Å². The molecule has 1 amide bonds. The third kappa shape index (κ3) is 6.63. The van der Waals surface area contributed by atoms with Crippen molar-refractivity contribution < 1.29 is 23.8 Å². The van der Waals surface area contributed by atoms with E-state index in [0.717, 1.165) is 21.5 Å². The normalized spacial score (nSPS) is 10.9. The molecule has 5 N–H and O–H groups in total. The number of amides is 1. The van der Waals surface area contributed by atoms with Gasteiger partial charge in [0.1, 0.15) is 23.7 Å². The first kappa shape index (κ1) is 28.9. The lowest BCUT2D eigenvalue weighted by atomic mass is 10.0. The van der Waals surface area contributed by atoms with Crippen molar-refractivity contribution in [2.75, 3.05) is 31.6 Å². The molecule has 0 heterocycles. The molecule has 0 atom stereocenters. The van der Waals surface area contributed by atoms with Crippen LogP contribution in [0.5, 0.6) is 17.2 Å². The first-order chi connectivity index (χ1) is 20.5. The summed E-state index contributed by atoms with van der Waals surface area (Å²) in [5, 5.41) is 6.71.